The molecule has 136 valence electrons. The predicted octanol–water partition coefficient (Wildman–Crippen LogP) is 4.02. The number of halogens is 7. The van der Waals surface area contributed by atoms with Crippen molar-refractivity contribution in [3.63, 3.8) is 0 Å². The number of aryl methyl sites for hydroxylation is 1. The van der Waals surface area contributed by atoms with Crippen LogP contribution in [0.25, 0.3) is 0 Å². The molecule has 1 atom stereocenters. The number of aromatic nitrogens is 2. The Bertz CT molecular complexity index is 805. The van der Waals surface area contributed by atoms with Gasteiger partial charge in [-0.05, 0) is 19.9 Å². The van der Waals surface area contributed by atoms with E-state index >= 15 is 0 Å². The van der Waals surface area contributed by atoms with E-state index in [2.05, 4.69) is 5.10 Å². The Labute approximate surface area is 136 Å². The number of alkyl halides is 2. The van der Waals surface area contributed by atoms with Gasteiger partial charge in [-0.1, -0.05) is 0 Å². The van der Waals surface area contributed by atoms with Crippen LogP contribution < -0.4 is 5.32 Å². The zero-order valence-corrected chi connectivity index (χ0v) is 12.7. The number of amides is 1. The first kappa shape index (κ1) is 18.7. The van der Waals surface area contributed by atoms with Crippen LogP contribution >= 0.6 is 0 Å². The van der Waals surface area contributed by atoms with Gasteiger partial charge in [0.25, 0.3) is 6.43 Å². The summed E-state index contributed by atoms with van der Waals surface area (Å²) in [5, 5.41) is 5.04. The van der Waals surface area contributed by atoms with Crippen LogP contribution in [-0.2, 0) is 4.79 Å². The van der Waals surface area contributed by atoms with Gasteiger partial charge in [-0.3, -0.25) is 9.48 Å². The molecule has 2 rings (SSSR count). The lowest BCUT2D eigenvalue weighted by Crippen LogP contribution is -2.27. The SMILES string of the molecule is Cc1cc(C(F)F)nn1C(C)C(=O)Nc1c(F)c(F)c(F)c(F)c1F. The molecule has 0 bridgehead atoms. The summed E-state index contributed by atoms with van der Waals surface area (Å²) in [4.78, 5) is 12.0. The number of benzene rings is 1. The maximum atomic E-state index is 13.6. The first-order chi connectivity index (χ1) is 11.6. The summed E-state index contributed by atoms with van der Waals surface area (Å²) in [6, 6.07) is -0.366. The third-order valence-electron chi connectivity index (χ3n) is 3.37. The van der Waals surface area contributed by atoms with Crippen LogP contribution in [0.4, 0.5) is 36.4 Å². The molecule has 1 unspecified atom stereocenters. The van der Waals surface area contributed by atoms with Gasteiger partial charge in [0.05, 0.1) is 0 Å². The van der Waals surface area contributed by atoms with Crippen molar-refractivity contribution in [1.29, 1.82) is 0 Å². The van der Waals surface area contributed by atoms with E-state index < -0.39 is 58.8 Å². The van der Waals surface area contributed by atoms with E-state index in [1.165, 1.54) is 6.92 Å². The van der Waals surface area contributed by atoms with Crippen molar-refractivity contribution in [1.82, 2.24) is 9.78 Å². The molecule has 0 saturated carbocycles. The number of carbonyl (C=O) groups is 1. The molecular weight excluding hydrogens is 359 g/mol. The largest absolute Gasteiger partial charge is 0.319 e. The molecule has 0 aliphatic heterocycles. The summed E-state index contributed by atoms with van der Waals surface area (Å²) in [7, 11) is 0. The van der Waals surface area contributed by atoms with Gasteiger partial charge in [-0.2, -0.15) is 5.10 Å². The Kier molecular flexibility index (Phi) is 5.04. The molecule has 1 amide bonds. The quantitative estimate of drug-likeness (QED) is 0.503. The third kappa shape index (κ3) is 3.30. The Hall–Kier alpha value is -2.59. The Morgan fingerprint density at radius 3 is 1.96 bits per heavy atom. The predicted molar refractivity (Wildman–Crippen MR) is 71.5 cm³/mol. The van der Waals surface area contributed by atoms with Crippen LogP contribution in [0.5, 0.6) is 0 Å². The van der Waals surface area contributed by atoms with Crippen molar-refractivity contribution in [2.45, 2.75) is 26.3 Å². The van der Waals surface area contributed by atoms with E-state index in [0.29, 0.717) is 0 Å². The molecule has 0 radical (unpaired) electrons. The van der Waals surface area contributed by atoms with E-state index in [1.807, 2.05) is 0 Å². The summed E-state index contributed by atoms with van der Waals surface area (Å²) in [6.07, 6.45) is -2.91. The molecule has 0 aliphatic rings. The third-order valence-corrected chi connectivity index (χ3v) is 3.37. The maximum absolute atomic E-state index is 13.6. The highest BCUT2D eigenvalue weighted by Gasteiger charge is 2.29. The number of hydrogen-bond acceptors (Lipinski definition) is 2. The highest BCUT2D eigenvalue weighted by molar-refractivity contribution is 5.93. The van der Waals surface area contributed by atoms with Crippen molar-refractivity contribution < 1.29 is 35.5 Å². The minimum Gasteiger partial charge on any atom is -0.319 e. The van der Waals surface area contributed by atoms with E-state index in [9.17, 15) is 35.5 Å². The summed E-state index contributed by atoms with van der Waals surface area (Å²) in [5.74, 6) is -12.5. The molecule has 4 nitrogen and oxygen atoms in total. The molecule has 1 heterocycles. The number of anilines is 1. The number of rotatable bonds is 4. The second kappa shape index (κ2) is 6.73. The van der Waals surface area contributed by atoms with Gasteiger partial charge >= 0.3 is 0 Å². The molecule has 0 fully saturated rings. The second-order valence-electron chi connectivity index (χ2n) is 5.07. The van der Waals surface area contributed by atoms with Gasteiger partial charge in [-0.25, -0.2) is 30.7 Å². The zero-order valence-electron chi connectivity index (χ0n) is 12.7. The summed E-state index contributed by atoms with van der Waals surface area (Å²) in [5.41, 5.74) is -2.03. The average Bonchev–Trinajstić information content (AvgIpc) is 2.96. The molecule has 2 aromatic rings. The van der Waals surface area contributed by atoms with Crippen LogP contribution in [0.2, 0.25) is 0 Å². The highest BCUT2D eigenvalue weighted by Crippen LogP contribution is 2.28. The molecule has 1 aromatic heterocycles. The monoisotopic (exact) mass is 369 g/mol. The van der Waals surface area contributed by atoms with Crippen molar-refractivity contribution in [2.75, 3.05) is 5.32 Å². The minimum absolute atomic E-state index is 0.135. The van der Waals surface area contributed by atoms with Crippen LogP contribution in [0.15, 0.2) is 6.07 Å². The van der Waals surface area contributed by atoms with Gasteiger partial charge in [0.2, 0.25) is 11.7 Å². The molecule has 0 spiro atoms. The zero-order chi connectivity index (χ0) is 19.0. The Morgan fingerprint density at radius 1 is 1.04 bits per heavy atom. The molecule has 25 heavy (non-hydrogen) atoms. The summed E-state index contributed by atoms with van der Waals surface area (Å²) >= 11 is 0. The van der Waals surface area contributed by atoms with E-state index in [4.69, 9.17) is 0 Å². The molecule has 0 aliphatic carbocycles. The Morgan fingerprint density at radius 2 is 1.52 bits per heavy atom. The summed E-state index contributed by atoms with van der Waals surface area (Å²) in [6.45, 7) is 2.50. The van der Waals surface area contributed by atoms with Crippen LogP contribution in [-0.4, -0.2) is 15.7 Å². The van der Waals surface area contributed by atoms with Gasteiger partial charge in [0.1, 0.15) is 17.4 Å². The fraction of sp³-hybridized carbons (Fsp3) is 0.286. The number of carbonyl (C=O) groups excluding carboxylic acids is 1. The first-order valence-corrected chi connectivity index (χ1v) is 6.72. The second-order valence-corrected chi connectivity index (χ2v) is 5.07. The first-order valence-electron chi connectivity index (χ1n) is 6.72. The molecule has 1 aromatic carbocycles. The van der Waals surface area contributed by atoms with Gasteiger partial charge in [0, 0.05) is 5.69 Å². The lowest BCUT2D eigenvalue weighted by atomic mass is 10.2. The number of hydrogen-bond donors (Lipinski definition) is 1. The van der Waals surface area contributed by atoms with Gasteiger partial charge < -0.3 is 5.32 Å². The highest BCUT2D eigenvalue weighted by atomic mass is 19.3. The van der Waals surface area contributed by atoms with E-state index in [1.54, 1.807) is 5.32 Å². The van der Waals surface area contributed by atoms with Gasteiger partial charge in [0.15, 0.2) is 23.3 Å². The van der Waals surface area contributed by atoms with Crippen molar-refractivity contribution in [3.05, 3.63) is 46.5 Å². The molecular formula is C14H10F7N3O. The van der Waals surface area contributed by atoms with Crippen LogP contribution in [0, 0.1) is 36.0 Å². The number of nitrogens with one attached hydrogen (secondary N) is 1. The lowest BCUT2D eigenvalue weighted by Gasteiger charge is -2.16. The van der Waals surface area contributed by atoms with Crippen molar-refractivity contribution >= 4 is 11.6 Å². The maximum Gasteiger partial charge on any atom is 0.282 e. The Balaban J connectivity index is 2.35. The molecule has 0 saturated heterocycles. The van der Waals surface area contributed by atoms with Gasteiger partial charge in [-0.15, -0.1) is 0 Å². The fourth-order valence-corrected chi connectivity index (χ4v) is 2.06. The number of nitrogens with zero attached hydrogens (tertiary/aromatic N) is 2. The molecule has 11 heteroatoms. The summed E-state index contributed by atoms with van der Waals surface area (Å²) < 4.78 is 92.4. The smallest absolute Gasteiger partial charge is 0.282 e. The fourth-order valence-electron chi connectivity index (χ4n) is 2.06. The average molecular weight is 369 g/mol. The van der Waals surface area contributed by atoms with Crippen molar-refractivity contribution in [3.8, 4) is 0 Å². The van der Waals surface area contributed by atoms with Crippen LogP contribution in [0.1, 0.15) is 30.8 Å². The van der Waals surface area contributed by atoms with E-state index in [-0.39, 0.29) is 5.69 Å². The standard InChI is InChI=1S/C14H10F7N3O/c1-4-3-6(13(20)21)23-24(4)5(2)14(25)22-12-10(18)8(16)7(15)9(17)11(12)19/h3,5,13H,1-2H3,(H,22,25). The van der Waals surface area contributed by atoms with Crippen molar-refractivity contribution in [2.24, 2.45) is 0 Å². The topological polar surface area (TPSA) is 46.9 Å². The molecule has 1 N–H and O–H groups in total. The normalized spacial score (nSPS) is 12.6. The van der Waals surface area contributed by atoms with Crippen LogP contribution in [0.3, 0.4) is 0 Å². The lowest BCUT2D eigenvalue weighted by molar-refractivity contribution is -0.119. The minimum atomic E-state index is -2.91. The van der Waals surface area contributed by atoms with E-state index in [0.717, 1.165) is 17.7 Å².